The monoisotopic (exact) mass is 414 g/mol. The van der Waals surface area contributed by atoms with Crippen LogP contribution in [0.15, 0.2) is 41.3 Å². The molecular formula is C21H22N2O3S2. The van der Waals surface area contributed by atoms with E-state index in [9.17, 15) is 13.2 Å². The van der Waals surface area contributed by atoms with Gasteiger partial charge in [-0.05, 0) is 57.0 Å². The molecule has 0 fully saturated rings. The first kappa shape index (κ1) is 20.2. The summed E-state index contributed by atoms with van der Waals surface area (Å²) in [5.74, 6) is -0.249. The minimum absolute atomic E-state index is 0.231. The van der Waals surface area contributed by atoms with Crippen molar-refractivity contribution in [1.82, 2.24) is 4.98 Å². The molecule has 28 heavy (non-hydrogen) atoms. The van der Waals surface area contributed by atoms with Gasteiger partial charge in [0.2, 0.25) is 0 Å². The van der Waals surface area contributed by atoms with Gasteiger partial charge in [-0.1, -0.05) is 23.8 Å². The Balaban J connectivity index is 1.89. The maximum atomic E-state index is 12.8. The second kappa shape index (κ2) is 7.48. The standard InChI is InChI=1S/C21H22N2O3S2/c1-12-6-8-17(13(2)10-12)21-22-15(4)19(27-21)20(24)23-18-9-7-16(11-14(18)3)28(5,25)26/h6-11H,1-5H3,(H,23,24). The topological polar surface area (TPSA) is 76.1 Å². The van der Waals surface area contributed by atoms with E-state index in [1.165, 1.54) is 23.0 Å². The van der Waals surface area contributed by atoms with Gasteiger partial charge in [-0.2, -0.15) is 0 Å². The van der Waals surface area contributed by atoms with Gasteiger partial charge in [0.05, 0.1) is 10.6 Å². The lowest BCUT2D eigenvalue weighted by Gasteiger charge is -2.09. The molecule has 1 heterocycles. The third-order valence-electron chi connectivity index (χ3n) is 4.49. The Kier molecular flexibility index (Phi) is 5.41. The van der Waals surface area contributed by atoms with Crippen molar-refractivity contribution in [3.05, 3.63) is 63.7 Å². The van der Waals surface area contributed by atoms with Crippen LogP contribution in [0.5, 0.6) is 0 Å². The predicted octanol–water partition coefficient (Wildman–Crippen LogP) is 4.70. The minimum Gasteiger partial charge on any atom is -0.321 e. The molecule has 0 atom stereocenters. The highest BCUT2D eigenvalue weighted by molar-refractivity contribution is 7.90. The zero-order chi connectivity index (χ0) is 20.6. The van der Waals surface area contributed by atoms with E-state index in [-0.39, 0.29) is 10.8 Å². The average Bonchev–Trinajstić information content (AvgIpc) is 2.97. The number of anilines is 1. The van der Waals surface area contributed by atoms with E-state index in [0.29, 0.717) is 21.8 Å². The van der Waals surface area contributed by atoms with E-state index >= 15 is 0 Å². The van der Waals surface area contributed by atoms with Crippen LogP contribution in [-0.2, 0) is 9.84 Å². The summed E-state index contributed by atoms with van der Waals surface area (Å²) in [7, 11) is -3.28. The molecule has 0 saturated carbocycles. The van der Waals surface area contributed by atoms with Gasteiger partial charge in [-0.25, -0.2) is 13.4 Å². The van der Waals surface area contributed by atoms with Gasteiger partial charge in [-0.15, -0.1) is 11.3 Å². The number of hydrogen-bond acceptors (Lipinski definition) is 5. The lowest BCUT2D eigenvalue weighted by atomic mass is 10.1. The van der Waals surface area contributed by atoms with Crippen LogP contribution in [-0.4, -0.2) is 25.6 Å². The third kappa shape index (κ3) is 4.15. The van der Waals surface area contributed by atoms with Crippen molar-refractivity contribution in [2.45, 2.75) is 32.6 Å². The number of carbonyl (C=O) groups excluding carboxylic acids is 1. The molecular weight excluding hydrogens is 392 g/mol. The van der Waals surface area contributed by atoms with Gasteiger partial charge < -0.3 is 5.32 Å². The maximum absolute atomic E-state index is 12.8. The maximum Gasteiger partial charge on any atom is 0.267 e. The van der Waals surface area contributed by atoms with Crippen LogP contribution in [0.4, 0.5) is 5.69 Å². The van der Waals surface area contributed by atoms with Gasteiger partial charge in [0.25, 0.3) is 5.91 Å². The molecule has 0 saturated heterocycles. The molecule has 1 aromatic heterocycles. The molecule has 0 spiro atoms. The van der Waals surface area contributed by atoms with Crippen LogP contribution in [0.3, 0.4) is 0 Å². The highest BCUT2D eigenvalue weighted by Crippen LogP contribution is 2.31. The van der Waals surface area contributed by atoms with Crippen LogP contribution in [0.2, 0.25) is 0 Å². The molecule has 0 aliphatic heterocycles. The Hall–Kier alpha value is -2.51. The molecule has 0 bridgehead atoms. The second-order valence-corrected chi connectivity index (χ2v) is 9.97. The highest BCUT2D eigenvalue weighted by Gasteiger charge is 2.18. The fourth-order valence-corrected chi connectivity index (χ4v) is 4.72. The zero-order valence-corrected chi connectivity index (χ0v) is 18.1. The van der Waals surface area contributed by atoms with Gasteiger partial charge in [-0.3, -0.25) is 4.79 Å². The summed E-state index contributed by atoms with van der Waals surface area (Å²) in [6.45, 7) is 7.66. The molecule has 1 amide bonds. The Bertz CT molecular complexity index is 1180. The smallest absolute Gasteiger partial charge is 0.267 e. The van der Waals surface area contributed by atoms with E-state index in [0.717, 1.165) is 22.4 Å². The van der Waals surface area contributed by atoms with Crippen molar-refractivity contribution in [3.8, 4) is 10.6 Å². The lowest BCUT2D eigenvalue weighted by Crippen LogP contribution is -2.12. The SMILES string of the molecule is Cc1ccc(-c2nc(C)c(C(=O)Nc3ccc(S(C)(=O)=O)cc3C)s2)c(C)c1. The van der Waals surface area contributed by atoms with Crippen molar-refractivity contribution in [2.75, 3.05) is 11.6 Å². The van der Waals surface area contributed by atoms with E-state index in [1.54, 1.807) is 19.1 Å². The van der Waals surface area contributed by atoms with Crippen LogP contribution in [0, 0.1) is 27.7 Å². The van der Waals surface area contributed by atoms with E-state index in [1.807, 2.05) is 32.9 Å². The van der Waals surface area contributed by atoms with E-state index < -0.39 is 9.84 Å². The van der Waals surface area contributed by atoms with Gasteiger partial charge >= 0.3 is 0 Å². The number of nitrogens with one attached hydrogen (secondary N) is 1. The number of hydrogen-bond donors (Lipinski definition) is 1. The molecule has 3 aromatic rings. The average molecular weight is 415 g/mol. The van der Waals surface area contributed by atoms with Crippen LogP contribution < -0.4 is 5.32 Å². The Labute approximate surface area is 169 Å². The van der Waals surface area contributed by atoms with Crippen LogP contribution >= 0.6 is 11.3 Å². The fraction of sp³-hybridized carbons (Fsp3) is 0.238. The number of thiazole rings is 1. The molecule has 3 rings (SSSR count). The van der Waals surface area contributed by atoms with Gasteiger partial charge in [0, 0.05) is 17.5 Å². The Morgan fingerprint density at radius 2 is 1.71 bits per heavy atom. The molecule has 5 nitrogen and oxygen atoms in total. The third-order valence-corrected chi connectivity index (χ3v) is 6.79. The number of sulfone groups is 1. The Morgan fingerprint density at radius 1 is 1.00 bits per heavy atom. The fourth-order valence-electron chi connectivity index (χ4n) is 2.96. The summed E-state index contributed by atoms with van der Waals surface area (Å²) >= 11 is 1.35. The summed E-state index contributed by atoms with van der Waals surface area (Å²) in [5, 5.41) is 3.68. The van der Waals surface area contributed by atoms with Gasteiger partial charge in [0.15, 0.2) is 9.84 Å². The first-order valence-corrected chi connectivity index (χ1v) is 11.4. The van der Waals surface area contributed by atoms with Crippen molar-refractivity contribution in [1.29, 1.82) is 0 Å². The zero-order valence-electron chi connectivity index (χ0n) is 16.5. The number of rotatable bonds is 4. The molecule has 0 aliphatic rings. The largest absolute Gasteiger partial charge is 0.321 e. The Morgan fingerprint density at radius 3 is 2.32 bits per heavy atom. The summed E-state index contributed by atoms with van der Waals surface area (Å²) in [5.41, 5.74) is 5.26. The molecule has 2 aromatic carbocycles. The van der Waals surface area contributed by atoms with E-state index in [2.05, 4.69) is 16.4 Å². The molecule has 0 aliphatic carbocycles. The van der Waals surface area contributed by atoms with Crippen molar-refractivity contribution in [3.63, 3.8) is 0 Å². The highest BCUT2D eigenvalue weighted by atomic mass is 32.2. The van der Waals surface area contributed by atoms with Crippen molar-refractivity contribution in [2.24, 2.45) is 0 Å². The first-order valence-electron chi connectivity index (χ1n) is 8.73. The minimum atomic E-state index is -3.28. The summed E-state index contributed by atoms with van der Waals surface area (Å²) < 4.78 is 23.4. The number of carbonyl (C=O) groups is 1. The first-order chi connectivity index (χ1) is 13.1. The number of amides is 1. The van der Waals surface area contributed by atoms with Crippen molar-refractivity contribution < 1.29 is 13.2 Å². The molecule has 0 unspecified atom stereocenters. The van der Waals surface area contributed by atoms with E-state index in [4.69, 9.17) is 0 Å². The quantitative estimate of drug-likeness (QED) is 0.671. The second-order valence-electron chi connectivity index (χ2n) is 6.95. The summed E-state index contributed by atoms with van der Waals surface area (Å²) in [6.07, 6.45) is 1.16. The number of nitrogens with zero attached hydrogens (tertiary/aromatic N) is 1. The molecule has 1 N–H and O–H groups in total. The summed E-state index contributed by atoms with van der Waals surface area (Å²) in [4.78, 5) is 18.1. The molecule has 7 heteroatoms. The number of aromatic nitrogens is 1. The predicted molar refractivity (Wildman–Crippen MR) is 114 cm³/mol. The van der Waals surface area contributed by atoms with Crippen LogP contribution in [0.25, 0.3) is 10.6 Å². The van der Waals surface area contributed by atoms with Crippen LogP contribution in [0.1, 0.15) is 32.1 Å². The normalized spacial score (nSPS) is 11.5. The number of benzene rings is 2. The summed E-state index contributed by atoms with van der Waals surface area (Å²) in [6, 6.07) is 10.8. The van der Waals surface area contributed by atoms with Gasteiger partial charge in [0.1, 0.15) is 9.88 Å². The van der Waals surface area contributed by atoms with Crippen molar-refractivity contribution >= 4 is 32.8 Å². The molecule has 0 radical (unpaired) electrons. The number of aryl methyl sites for hydroxylation is 4. The molecule has 146 valence electrons. The lowest BCUT2D eigenvalue weighted by molar-refractivity contribution is 0.102.